The Morgan fingerprint density at radius 2 is 1.95 bits per heavy atom. The number of ether oxygens (including phenoxy) is 1. The monoisotopic (exact) mass is 321 g/mol. The van der Waals surface area contributed by atoms with Gasteiger partial charge in [0.15, 0.2) is 18.0 Å². The zero-order chi connectivity index (χ0) is 23.7. The lowest BCUT2D eigenvalue weighted by molar-refractivity contribution is -0.138. The summed E-state index contributed by atoms with van der Waals surface area (Å²) in [4.78, 5) is 35.7. The minimum absolute atomic E-state index is 0.206. The number of amides is 1. The van der Waals surface area contributed by atoms with Crippen LogP contribution in [0.3, 0.4) is 0 Å². The van der Waals surface area contributed by atoms with E-state index in [9.17, 15) is 14.4 Å². The fourth-order valence-corrected chi connectivity index (χ4v) is 2.05. The summed E-state index contributed by atoms with van der Waals surface area (Å²) in [5, 5.41) is 11.2. The summed E-state index contributed by atoms with van der Waals surface area (Å²) in [7, 11) is 0. The summed E-state index contributed by atoms with van der Waals surface area (Å²) >= 11 is 0. The van der Waals surface area contributed by atoms with Crippen LogP contribution in [0.4, 0.5) is 0 Å². The highest BCUT2D eigenvalue weighted by Gasteiger charge is 2.50. The number of carbonyl (C=O) groups is 3. The normalized spacial score (nSPS) is 33.5. The second-order valence-corrected chi connectivity index (χ2v) is 5.49. The first-order valence-corrected chi connectivity index (χ1v) is 6.99. The molecule has 1 heterocycles. The highest BCUT2D eigenvalue weighted by molar-refractivity contribution is 5.95. The van der Waals surface area contributed by atoms with Gasteiger partial charge in [-0.15, -0.1) is 0 Å². The molecule has 2 unspecified atom stereocenters. The number of ketones is 1. The molecule has 1 saturated heterocycles. The molecule has 1 amide bonds. The van der Waals surface area contributed by atoms with Gasteiger partial charge in [0, 0.05) is 29.8 Å². The minimum Gasteiger partial charge on any atom is -0.479 e. The van der Waals surface area contributed by atoms with Gasteiger partial charge in [0.2, 0.25) is 5.91 Å². The van der Waals surface area contributed by atoms with Gasteiger partial charge in [0.25, 0.3) is 0 Å². The van der Waals surface area contributed by atoms with Crippen LogP contribution >= 0.6 is 0 Å². The largest absolute Gasteiger partial charge is 0.479 e. The van der Waals surface area contributed by atoms with Crippen molar-refractivity contribution in [2.45, 2.75) is 59.0 Å². The molecule has 0 spiro atoms. The van der Waals surface area contributed by atoms with Crippen LogP contribution in [0.1, 0.15) is 57.8 Å². The van der Waals surface area contributed by atoms with Crippen molar-refractivity contribution >= 4 is 17.7 Å². The maximum Gasteiger partial charge on any atom is 0.336 e. The van der Waals surface area contributed by atoms with E-state index in [2.05, 4.69) is 5.32 Å². The predicted octanol–water partition coefficient (Wildman–Crippen LogP) is 1.62. The molecule has 1 aliphatic heterocycles. The fourth-order valence-electron chi connectivity index (χ4n) is 2.05. The van der Waals surface area contributed by atoms with Crippen molar-refractivity contribution in [3.8, 4) is 0 Å². The summed E-state index contributed by atoms with van der Waals surface area (Å²) in [5.41, 5.74) is 0. The summed E-state index contributed by atoms with van der Waals surface area (Å²) < 4.78 is 65.0. The smallest absolute Gasteiger partial charge is 0.336 e. The molecule has 6 nitrogen and oxygen atoms in total. The standard InChI is InChI=1S/C16H27NO5/c1-9(2)5-6-17-15(19)11(7-10(3)4)8-12(18)13-14(22-13)16(20)21/h9-11,13-14H,5-8H2,1-4H3,(H,17,19)(H,20,21)/t11-,13-,14+/m1/s1/i1D3,3D3,9D,10D/t9?,10?,11-,13-,14+. The first-order chi connectivity index (χ1) is 13.3. The summed E-state index contributed by atoms with van der Waals surface area (Å²) in [6.45, 7) is -3.23. The first kappa shape index (κ1) is 9.65. The molecule has 0 radical (unpaired) electrons. The van der Waals surface area contributed by atoms with Gasteiger partial charge >= 0.3 is 5.97 Å². The van der Waals surface area contributed by atoms with Crippen molar-refractivity contribution in [3.63, 3.8) is 0 Å². The van der Waals surface area contributed by atoms with Crippen LogP contribution in [0.2, 0.25) is 0 Å². The Balaban J connectivity index is 2.85. The SMILES string of the molecule is [2H]C([2H])([2H])C([2H])(C)CCNC(=O)[C@@H](CC(=O)[C@H]1O[C@@H]1C(=O)O)CC([2H])(C)C([2H])([2H])[2H]. The van der Waals surface area contributed by atoms with E-state index in [1.165, 1.54) is 6.92 Å². The lowest BCUT2D eigenvalue weighted by Gasteiger charge is -2.18. The number of carbonyl (C=O) groups excluding carboxylic acids is 2. The topological polar surface area (TPSA) is 96.0 Å². The molecule has 126 valence electrons. The maximum atomic E-state index is 12.6. The van der Waals surface area contributed by atoms with E-state index < -0.39 is 74.1 Å². The highest BCUT2D eigenvalue weighted by Crippen LogP contribution is 2.27. The van der Waals surface area contributed by atoms with E-state index >= 15 is 0 Å². The van der Waals surface area contributed by atoms with Gasteiger partial charge in [0.05, 0.1) is 0 Å². The Morgan fingerprint density at radius 3 is 2.50 bits per heavy atom. The number of Topliss-reactive ketones (excluding diaryl/α,β-unsaturated/α-hetero) is 1. The first-order valence-electron chi connectivity index (χ1n) is 11.0. The van der Waals surface area contributed by atoms with E-state index in [-0.39, 0.29) is 13.0 Å². The van der Waals surface area contributed by atoms with Crippen molar-refractivity contribution in [1.82, 2.24) is 5.32 Å². The second kappa shape index (κ2) is 8.27. The minimum atomic E-state index is -2.74. The highest BCUT2D eigenvalue weighted by atomic mass is 16.6. The van der Waals surface area contributed by atoms with E-state index in [1.54, 1.807) is 0 Å². The average Bonchev–Trinajstić information content (AvgIpc) is 3.32. The molecule has 0 aromatic carbocycles. The Kier molecular flexibility index (Phi) is 3.63. The van der Waals surface area contributed by atoms with Gasteiger partial charge < -0.3 is 15.2 Å². The molecule has 6 heteroatoms. The molecule has 22 heavy (non-hydrogen) atoms. The fraction of sp³-hybridized carbons (Fsp3) is 0.812. The van der Waals surface area contributed by atoms with Crippen LogP contribution in [0.25, 0.3) is 0 Å². The number of hydrogen-bond acceptors (Lipinski definition) is 4. The van der Waals surface area contributed by atoms with Crippen LogP contribution in [-0.2, 0) is 19.1 Å². The second-order valence-electron chi connectivity index (χ2n) is 5.49. The zero-order valence-corrected chi connectivity index (χ0v) is 12.6. The summed E-state index contributed by atoms with van der Waals surface area (Å²) in [6, 6.07) is 0. The molecule has 2 N–H and O–H groups in total. The number of epoxide rings is 1. The lowest BCUT2D eigenvalue weighted by Crippen LogP contribution is -2.34. The van der Waals surface area contributed by atoms with Crippen LogP contribution in [-0.4, -0.2) is 41.5 Å². The van der Waals surface area contributed by atoms with Crippen molar-refractivity contribution in [2.75, 3.05) is 6.54 Å². The predicted molar refractivity (Wildman–Crippen MR) is 81.3 cm³/mol. The zero-order valence-electron chi connectivity index (χ0n) is 20.6. The number of nitrogens with one attached hydrogen (secondary N) is 1. The van der Waals surface area contributed by atoms with Crippen molar-refractivity contribution in [2.24, 2.45) is 17.7 Å². The molecule has 0 aromatic rings. The third-order valence-corrected chi connectivity index (χ3v) is 3.22. The van der Waals surface area contributed by atoms with E-state index in [0.29, 0.717) is 0 Å². The number of carboxylic acid groups (broad SMARTS) is 1. The quantitative estimate of drug-likeness (QED) is 0.596. The third-order valence-electron chi connectivity index (χ3n) is 3.22. The molecule has 1 fully saturated rings. The van der Waals surface area contributed by atoms with Gasteiger partial charge in [0.1, 0.15) is 0 Å². The molecule has 5 atom stereocenters. The van der Waals surface area contributed by atoms with Gasteiger partial charge in [-0.25, -0.2) is 4.79 Å². The van der Waals surface area contributed by atoms with Crippen molar-refractivity contribution in [1.29, 1.82) is 0 Å². The Bertz CT molecular complexity index is 674. The van der Waals surface area contributed by atoms with Gasteiger partial charge in [-0.2, -0.15) is 0 Å². The average molecular weight is 321 g/mol. The molecular weight excluding hydrogens is 286 g/mol. The molecular formula is C16H27NO5. The van der Waals surface area contributed by atoms with E-state index in [0.717, 1.165) is 6.92 Å². The number of rotatable bonds is 10. The Morgan fingerprint density at radius 1 is 1.27 bits per heavy atom. The Hall–Kier alpha value is -1.43. The van der Waals surface area contributed by atoms with Crippen molar-refractivity contribution in [3.05, 3.63) is 0 Å². The van der Waals surface area contributed by atoms with Crippen LogP contribution < -0.4 is 5.32 Å². The molecule has 1 rings (SSSR count). The van der Waals surface area contributed by atoms with E-state index in [4.69, 9.17) is 20.8 Å². The number of aliphatic carboxylic acids is 1. The molecule has 0 saturated carbocycles. The van der Waals surface area contributed by atoms with Gasteiger partial charge in [-0.05, 0) is 24.6 Å². The van der Waals surface area contributed by atoms with Crippen molar-refractivity contribution < 1.29 is 35.2 Å². The lowest BCUT2D eigenvalue weighted by atomic mass is 9.90. The summed E-state index contributed by atoms with van der Waals surface area (Å²) in [6.07, 6.45) is -3.80. The number of hydrogen-bond donors (Lipinski definition) is 2. The van der Waals surface area contributed by atoms with Crippen LogP contribution in [0.15, 0.2) is 0 Å². The molecule has 1 aliphatic rings. The molecule has 0 bridgehead atoms. The third kappa shape index (κ3) is 6.13. The van der Waals surface area contributed by atoms with Gasteiger partial charge in [-0.3, -0.25) is 9.59 Å². The Labute approximate surface area is 142 Å². The van der Waals surface area contributed by atoms with Gasteiger partial charge in [-0.1, -0.05) is 27.6 Å². The molecule has 0 aliphatic carbocycles. The number of carboxylic acids is 1. The molecule has 0 aromatic heterocycles. The summed E-state index contributed by atoms with van der Waals surface area (Å²) in [5.74, 6) is -7.96. The van der Waals surface area contributed by atoms with Crippen LogP contribution in [0, 0.1) is 17.7 Å². The van der Waals surface area contributed by atoms with Crippen LogP contribution in [0.5, 0.6) is 0 Å². The maximum absolute atomic E-state index is 12.6. The van der Waals surface area contributed by atoms with E-state index in [1.807, 2.05) is 0 Å².